The molecule has 0 aliphatic carbocycles. The van der Waals surface area contributed by atoms with Gasteiger partial charge in [0.1, 0.15) is 5.75 Å². The van der Waals surface area contributed by atoms with E-state index in [-0.39, 0.29) is 5.71 Å². The molecule has 2 N–H and O–H groups in total. The molecule has 0 amide bonds. The fraction of sp³-hybridized carbons (Fsp3) is 0.444. The smallest absolute Gasteiger partial charge is 0.356 e. The number of carboxylic acid groups (broad SMARTS) is 1. The van der Waals surface area contributed by atoms with E-state index in [1.807, 2.05) is 53.7 Å². The molecule has 1 aliphatic heterocycles. The Kier molecular flexibility index (Phi) is 4.24. The number of ether oxygens (including phenoxy) is 1. The molecule has 1 atom stereocenters. The molecule has 5 nitrogen and oxygen atoms in total. The first kappa shape index (κ1) is 17.1. The number of carboxylic acids is 1. The van der Waals surface area contributed by atoms with E-state index in [4.69, 9.17) is 4.74 Å². The van der Waals surface area contributed by atoms with E-state index in [1.165, 1.54) is 6.20 Å². The number of carbonyl (C=O) groups is 1. The Balaban J connectivity index is 2.61. The highest BCUT2D eigenvalue weighted by Gasteiger charge is 2.52. The van der Waals surface area contributed by atoms with Crippen molar-refractivity contribution in [3.63, 3.8) is 0 Å². The molecule has 0 fully saturated rings. The van der Waals surface area contributed by atoms with Crippen LogP contribution in [0, 0.1) is 26.2 Å². The predicted octanol–water partition coefficient (Wildman–Crippen LogP) is 3.33. The van der Waals surface area contributed by atoms with Crippen LogP contribution in [0.5, 0.6) is 5.75 Å². The molecule has 0 bridgehead atoms. The van der Waals surface area contributed by atoms with Gasteiger partial charge in [-0.05, 0) is 31.9 Å². The van der Waals surface area contributed by atoms with Crippen LogP contribution in [0.4, 0.5) is 0 Å². The van der Waals surface area contributed by atoms with Gasteiger partial charge in [-0.2, -0.15) is 0 Å². The fourth-order valence-electron chi connectivity index (χ4n) is 2.91. The summed E-state index contributed by atoms with van der Waals surface area (Å²) in [6, 6.07) is 4.05. The Morgan fingerprint density at radius 2 is 1.78 bits per heavy atom. The van der Waals surface area contributed by atoms with Crippen LogP contribution in [0.3, 0.4) is 0 Å². The highest BCUT2D eigenvalue weighted by atomic mass is 16.5. The van der Waals surface area contributed by atoms with Crippen molar-refractivity contribution in [2.45, 2.75) is 47.3 Å². The van der Waals surface area contributed by atoms with Gasteiger partial charge >= 0.3 is 5.97 Å². The van der Waals surface area contributed by atoms with E-state index in [9.17, 15) is 9.90 Å². The lowest BCUT2D eigenvalue weighted by molar-refractivity contribution is -0.131. The number of aryl methyl sites for hydroxylation is 3. The number of hydrogen-bond acceptors (Lipinski definition) is 4. The summed E-state index contributed by atoms with van der Waals surface area (Å²) in [7, 11) is 0. The Hall–Kier alpha value is -2.30. The number of aliphatic imine (C=N–C) groups is 1. The third-order valence-corrected chi connectivity index (χ3v) is 4.02. The summed E-state index contributed by atoms with van der Waals surface area (Å²) in [5.74, 6) is -0.415. The number of hydrogen-bond donors (Lipinski definition) is 2. The van der Waals surface area contributed by atoms with Gasteiger partial charge in [-0.1, -0.05) is 38.5 Å². The topological polar surface area (TPSA) is 70.9 Å². The van der Waals surface area contributed by atoms with E-state index in [1.54, 1.807) is 6.20 Å². The Morgan fingerprint density at radius 1 is 1.22 bits per heavy atom. The quantitative estimate of drug-likeness (QED) is 0.897. The normalized spacial score (nSPS) is 20.7. The third kappa shape index (κ3) is 2.96. The van der Waals surface area contributed by atoms with Crippen molar-refractivity contribution in [3.05, 3.63) is 41.2 Å². The molecule has 124 valence electrons. The Labute approximate surface area is 137 Å². The molecular formula is C18H24N2O3. The van der Waals surface area contributed by atoms with Gasteiger partial charge in [0.05, 0.1) is 0 Å². The molecule has 1 aromatic carbocycles. The second-order valence-electron chi connectivity index (χ2n) is 7.00. The molecule has 1 aliphatic rings. The molecule has 0 aromatic heterocycles. The zero-order valence-electron chi connectivity index (χ0n) is 14.5. The van der Waals surface area contributed by atoms with Gasteiger partial charge in [0.25, 0.3) is 0 Å². The lowest BCUT2D eigenvalue weighted by Crippen LogP contribution is -2.66. The Bertz CT molecular complexity index is 676. The molecule has 5 heteroatoms. The maximum Gasteiger partial charge on any atom is 0.356 e. The van der Waals surface area contributed by atoms with Gasteiger partial charge in [0.2, 0.25) is 5.72 Å². The summed E-state index contributed by atoms with van der Waals surface area (Å²) in [4.78, 5) is 15.8. The lowest BCUT2D eigenvalue weighted by Gasteiger charge is -2.45. The van der Waals surface area contributed by atoms with Crippen LogP contribution < -0.4 is 10.1 Å². The molecule has 1 heterocycles. The number of benzene rings is 1. The first-order valence-electron chi connectivity index (χ1n) is 7.59. The van der Waals surface area contributed by atoms with Gasteiger partial charge in [0, 0.05) is 17.8 Å². The first-order chi connectivity index (χ1) is 10.6. The van der Waals surface area contributed by atoms with E-state index in [0.29, 0.717) is 5.75 Å². The van der Waals surface area contributed by atoms with Gasteiger partial charge in [-0.15, -0.1) is 0 Å². The van der Waals surface area contributed by atoms with Crippen molar-refractivity contribution in [1.82, 2.24) is 5.32 Å². The van der Waals surface area contributed by atoms with Crippen LogP contribution in [0.2, 0.25) is 0 Å². The molecule has 0 saturated carbocycles. The van der Waals surface area contributed by atoms with Gasteiger partial charge in [-0.25, -0.2) is 9.79 Å². The second kappa shape index (κ2) is 5.72. The summed E-state index contributed by atoms with van der Waals surface area (Å²) in [5, 5.41) is 12.7. The second-order valence-corrected chi connectivity index (χ2v) is 7.00. The molecular weight excluding hydrogens is 292 g/mol. The number of rotatable bonds is 3. The van der Waals surface area contributed by atoms with E-state index in [2.05, 4.69) is 10.3 Å². The average molecular weight is 316 g/mol. The lowest BCUT2D eigenvalue weighted by atomic mass is 9.78. The number of aliphatic carboxylic acids is 1. The standard InChI is InChI=1S/C18H24N2O3/c1-11-9-12(2)14(13(3)10-11)23-18(17(4,5)6)15(16(21)22)19-7-8-20-18/h7-10,20H,1-6H3,(H,21,22). The highest BCUT2D eigenvalue weighted by Crippen LogP contribution is 2.38. The van der Waals surface area contributed by atoms with Crippen LogP contribution in [0.15, 0.2) is 29.5 Å². The minimum absolute atomic E-state index is 0.0492. The first-order valence-corrected chi connectivity index (χ1v) is 7.59. The summed E-state index contributed by atoms with van der Waals surface area (Å²) in [5.41, 5.74) is 1.23. The van der Waals surface area contributed by atoms with Crippen molar-refractivity contribution in [2.24, 2.45) is 10.4 Å². The zero-order valence-corrected chi connectivity index (χ0v) is 14.5. The molecule has 0 spiro atoms. The zero-order chi connectivity index (χ0) is 17.4. The van der Waals surface area contributed by atoms with E-state index in [0.717, 1.165) is 16.7 Å². The molecule has 0 saturated heterocycles. The summed E-state index contributed by atoms with van der Waals surface area (Å²) < 4.78 is 6.32. The SMILES string of the molecule is Cc1cc(C)c(OC2(C(C)(C)C)NC=CN=C2C(=O)O)c(C)c1. The van der Waals surface area contributed by atoms with E-state index < -0.39 is 17.1 Å². The largest absolute Gasteiger partial charge is 0.477 e. The predicted molar refractivity (Wildman–Crippen MR) is 90.8 cm³/mol. The van der Waals surface area contributed by atoms with Crippen LogP contribution in [-0.4, -0.2) is 22.5 Å². The Morgan fingerprint density at radius 3 is 2.26 bits per heavy atom. The van der Waals surface area contributed by atoms with Crippen LogP contribution >= 0.6 is 0 Å². The minimum atomic E-state index is -1.25. The van der Waals surface area contributed by atoms with Crippen molar-refractivity contribution in [3.8, 4) is 5.75 Å². The van der Waals surface area contributed by atoms with Crippen molar-refractivity contribution in [2.75, 3.05) is 0 Å². The van der Waals surface area contributed by atoms with Crippen LogP contribution in [0.1, 0.15) is 37.5 Å². The van der Waals surface area contributed by atoms with Gasteiger partial charge in [-0.3, -0.25) is 0 Å². The molecule has 1 unspecified atom stereocenters. The third-order valence-electron chi connectivity index (χ3n) is 4.02. The highest BCUT2D eigenvalue weighted by molar-refractivity contribution is 6.39. The summed E-state index contributed by atoms with van der Waals surface area (Å²) in [6.45, 7) is 11.7. The monoisotopic (exact) mass is 316 g/mol. The van der Waals surface area contributed by atoms with Crippen LogP contribution in [-0.2, 0) is 4.79 Å². The molecule has 2 rings (SSSR count). The van der Waals surface area contributed by atoms with Crippen LogP contribution in [0.25, 0.3) is 0 Å². The fourth-order valence-corrected chi connectivity index (χ4v) is 2.91. The summed E-state index contributed by atoms with van der Waals surface area (Å²) >= 11 is 0. The average Bonchev–Trinajstić information content (AvgIpc) is 2.41. The van der Waals surface area contributed by atoms with Gasteiger partial charge < -0.3 is 15.2 Å². The maximum atomic E-state index is 11.7. The van der Waals surface area contributed by atoms with Crippen molar-refractivity contribution in [1.29, 1.82) is 0 Å². The van der Waals surface area contributed by atoms with Crippen molar-refractivity contribution >= 4 is 11.7 Å². The van der Waals surface area contributed by atoms with E-state index >= 15 is 0 Å². The maximum absolute atomic E-state index is 11.7. The molecule has 0 radical (unpaired) electrons. The molecule has 23 heavy (non-hydrogen) atoms. The number of nitrogens with zero attached hydrogens (tertiary/aromatic N) is 1. The minimum Gasteiger partial charge on any atom is -0.477 e. The van der Waals surface area contributed by atoms with Crippen molar-refractivity contribution < 1.29 is 14.6 Å². The van der Waals surface area contributed by atoms with Gasteiger partial charge in [0.15, 0.2) is 5.71 Å². The summed E-state index contributed by atoms with van der Waals surface area (Å²) in [6.07, 6.45) is 3.06. The number of nitrogens with one attached hydrogen (secondary N) is 1. The molecule has 1 aromatic rings.